The summed E-state index contributed by atoms with van der Waals surface area (Å²) in [5, 5.41) is 3.67. The van der Waals surface area contributed by atoms with E-state index in [0.29, 0.717) is 11.4 Å². The molecule has 1 fully saturated rings. The van der Waals surface area contributed by atoms with Crippen LogP contribution in [0, 0.1) is 0 Å². The first-order valence-electron chi connectivity index (χ1n) is 6.54. The zero-order valence-electron chi connectivity index (χ0n) is 11.8. The lowest BCUT2D eigenvalue weighted by Gasteiger charge is -2.26. The van der Waals surface area contributed by atoms with Gasteiger partial charge >= 0.3 is 5.97 Å². The lowest BCUT2D eigenvalue weighted by atomic mass is 9.97. The molecule has 0 spiro atoms. The van der Waals surface area contributed by atoms with Crippen LogP contribution >= 0.6 is 11.8 Å². The minimum Gasteiger partial charge on any atom is -0.468 e. The Labute approximate surface area is 114 Å². The Bertz CT molecular complexity index is 275. The van der Waals surface area contributed by atoms with Gasteiger partial charge in [0.15, 0.2) is 0 Å². The first-order valence-corrected chi connectivity index (χ1v) is 7.59. The normalized spacial score (nSPS) is 26.9. The predicted octanol–water partition coefficient (Wildman–Crippen LogP) is 1.83. The van der Waals surface area contributed by atoms with E-state index in [1.165, 1.54) is 7.11 Å². The van der Waals surface area contributed by atoms with Gasteiger partial charge in [-0.25, -0.2) is 0 Å². The quantitative estimate of drug-likeness (QED) is 0.567. The van der Waals surface area contributed by atoms with Crippen LogP contribution in [0.1, 0.15) is 33.1 Å². The number of methoxy groups -OCH3 is 1. The van der Waals surface area contributed by atoms with Crippen molar-refractivity contribution >= 4 is 17.7 Å². The third kappa shape index (κ3) is 4.14. The van der Waals surface area contributed by atoms with Crippen LogP contribution in [0.3, 0.4) is 0 Å². The molecule has 18 heavy (non-hydrogen) atoms. The standard InChI is InChI=1S/C13H25NO3S/c1-10-11(6-8-17-10)18-9-5-7-13(2,14-3)12(15)16-4/h10-11,14H,5-9H2,1-4H3. The molecule has 0 aromatic carbocycles. The van der Waals surface area contributed by atoms with Gasteiger partial charge in [0.1, 0.15) is 5.54 Å². The second-order valence-corrected chi connectivity index (χ2v) is 6.30. The van der Waals surface area contributed by atoms with Crippen molar-refractivity contribution in [2.75, 3.05) is 26.5 Å². The van der Waals surface area contributed by atoms with E-state index >= 15 is 0 Å². The van der Waals surface area contributed by atoms with Gasteiger partial charge in [-0.3, -0.25) is 4.79 Å². The van der Waals surface area contributed by atoms with Crippen LogP contribution in [0.2, 0.25) is 0 Å². The maximum absolute atomic E-state index is 11.7. The Hall–Kier alpha value is -0.260. The van der Waals surface area contributed by atoms with E-state index in [9.17, 15) is 4.79 Å². The molecular formula is C13H25NO3S. The van der Waals surface area contributed by atoms with Gasteiger partial charge in [-0.05, 0) is 45.9 Å². The molecule has 0 saturated carbocycles. The van der Waals surface area contributed by atoms with E-state index in [4.69, 9.17) is 9.47 Å². The molecule has 0 bridgehead atoms. The third-order valence-corrected chi connectivity index (χ3v) is 5.22. The van der Waals surface area contributed by atoms with Gasteiger partial charge < -0.3 is 14.8 Å². The van der Waals surface area contributed by atoms with Gasteiger partial charge in [0.2, 0.25) is 0 Å². The summed E-state index contributed by atoms with van der Waals surface area (Å²) in [6.45, 7) is 4.91. The Balaban J connectivity index is 2.25. The molecule has 3 atom stereocenters. The summed E-state index contributed by atoms with van der Waals surface area (Å²) in [6, 6.07) is 0. The van der Waals surface area contributed by atoms with Crippen LogP contribution in [0.4, 0.5) is 0 Å². The van der Waals surface area contributed by atoms with Gasteiger partial charge in [0.25, 0.3) is 0 Å². The fourth-order valence-corrected chi connectivity index (χ4v) is 3.37. The average Bonchev–Trinajstić information content (AvgIpc) is 2.79. The molecule has 0 aromatic rings. The zero-order chi connectivity index (χ0) is 13.6. The molecule has 0 radical (unpaired) electrons. The number of nitrogens with one attached hydrogen (secondary N) is 1. The number of thioether (sulfide) groups is 1. The molecule has 106 valence electrons. The number of likely N-dealkylation sites (N-methyl/N-ethyl adjacent to an activating group) is 1. The fourth-order valence-electron chi connectivity index (χ4n) is 2.15. The number of hydrogen-bond acceptors (Lipinski definition) is 5. The lowest BCUT2D eigenvalue weighted by Crippen LogP contribution is -2.48. The smallest absolute Gasteiger partial charge is 0.325 e. The molecule has 0 amide bonds. The summed E-state index contributed by atoms with van der Waals surface area (Å²) in [7, 11) is 3.24. The number of rotatable bonds is 7. The third-order valence-electron chi connectivity index (χ3n) is 3.65. The highest BCUT2D eigenvalue weighted by Crippen LogP contribution is 2.27. The fraction of sp³-hybridized carbons (Fsp3) is 0.923. The van der Waals surface area contributed by atoms with Crippen molar-refractivity contribution in [3.05, 3.63) is 0 Å². The van der Waals surface area contributed by atoms with Crippen molar-refractivity contribution in [3.8, 4) is 0 Å². The predicted molar refractivity (Wildman–Crippen MR) is 75.0 cm³/mol. The molecule has 0 aliphatic carbocycles. The zero-order valence-corrected chi connectivity index (χ0v) is 12.6. The van der Waals surface area contributed by atoms with E-state index in [0.717, 1.165) is 31.6 Å². The first kappa shape index (κ1) is 15.8. The lowest BCUT2D eigenvalue weighted by molar-refractivity contribution is -0.148. The molecule has 1 heterocycles. The largest absolute Gasteiger partial charge is 0.468 e. The van der Waals surface area contributed by atoms with E-state index in [-0.39, 0.29) is 5.97 Å². The Morgan fingerprint density at radius 2 is 2.33 bits per heavy atom. The van der Waals surface area contributed by atoms with Crippen molar-refractivity contribution in [1.29, 1.82) is 0 Å². The van der Waals surface area contributed by atoms with Crippen LogP contribution in [-0.4, -0.2) is 49.4 Å². The molecular weight excluding hydrogens is 250 g/mol. The molecule has 3 unspecified atom stereocenters. The van der Waals surface area contributed by atoms with Gasteiger partial charge in [-0.2, -0.15) is 11.8 Å². The SMILES string of the molecule is CNC(C)(CCCSC1CCOC1C)C(=O)OC. The van der Waals surface area contributed by atoms with E-state index in [1.807, 2.05) is 18.7 Å². The highest BCUT2D eigenvalue weighted by molar-refractivity contribution is 7.99. The highest BCUT2D eigenvalue weighted by atomic mass is 32.2. The number of carbonyl (C=O) groups excluding carboxylic acids is 1. The minimum absolute atomic E-state index is 0.187. The summed E-state index contributed by atoms with van der Waals surface area (Å²) >= 11 is 1.96. The number of esters is 1. The van der Waals surface area contributed by atoms with Crippen molar-refractivity contribution in [2.45, 2.75) is 50.0 Å². The topological polar surface area (TPSA) is 47.6 Å². The molecule has 0 aromatic heterocycles. The van der Waals surface area contributed by atoms with Crippen LogP contribution in [0.5, 0.6) is 0 Å². The van der Waals surface area contributed by atoms with Crippen LogP contribution in [0.25, 0.3) is 0 Å². The van der Waals surface area contributed by atoms with Crippen LogP contribution < -0.4 is 5.32 Å². The highest BCUT2D eigenvalue weighted by Gasteiger charge is 2.32. The Kier molecular flexibility index (Phi) is 6.46. The summed E-state index contributed by atoms with van der Waals surface area (Å²) in [5.74, 6) is 0.875. The Morgan fingerprint density at radius 3 is 2.83 bits per heavy atom. The van der Waals surface area contributed by atoms with Crippen LogP contribution in [0.15, 0.2) is 0 Å². The monoisotopic (exact) mass is 275 g/mol. The second kappa shape index (κ2) is 7.36. The van der Waals surface area contributed by atoms with Gasteiger partial charge in [0, 0.05) is 11.9 Å². The second-order valence-electron chi connectivity index (χ2n) is 4.95. The molecule has 1 saturated heterocycles. The first-order chi connectivity index (χ1) is 8.53. The molecule has 4 nitrogen and oxygen atoms in total. The van der Waals surface area contributed by atoms with E-state index < -0.39 is 5.54 Å². The molecule has 1 N–H and O–H groups in total. The molecule has 5 heteroatoms. The van der Waals surface area contributed by atoms with Gasteiger partial charge in [-0.1, -0.05) is 0 Å². The van der Waals surface area contributed by atoms with Gasteiger partial charge in [-0.15, -0.1) is 0 Å². The molecule has 1 aliphatic rings. The van der Waals surface area contributed by atoms with Crippen molar-refractivity contribution in [1.82, 2.24) is 5.32 Å². The summed E-state index contributed by atoms with van der Waals surface area (Å²) < 4.78 is 10.4. The number of ether oxygens (including phenoxy) is 2. The van der Waals surface area contributed by atoms with Gasteiger partial charge in [0.05, 0.1) is 13.2 Å². The summed E-state index contributed by atoms with van der Waals surface area (Å²) in [6.07, 6.45) is 3.31. The maximum atomic E-state index is 11.7. The van der Waals surface area contributed by atoms with E-state index in [1.54, 1.807) is 7.05 Å². The molecule has 1 aliphatic heterocycles. The maximum Gasteiger partial charge on any atom is 0.325 e. The summed E-state index contributed by atoms with van der Waals surface area (Å²) in [5.41, 5.74) is -0.562. The van der Waals surface area contributed by atoms with Crippen LogP contribution in [-0.2, 0) is 14.3 Å². The van der Waals surface area contributed by atoms with Crippen molar-refractivity contribution < 1.29 is 14.3 Å². The number of carbonyl (C=O) groups is 1. The minimum atomic E-state index is -0.562. The Morgan fingerprint density at radius 1 is 1.61 bits per heavy atom. The van der Waals surface area contributed by atoms with Crippen molar-refractivity contribution in [3.63, 3.8) is 0 Å². The van der Waals surface area contributed by atoms with E-state index in [2.05, 4.69) is 12.2 Å². The number of hydrogen-bond donors (Lipinski definition) is 1. The van der Waals surface area contributed by atoms with Crippen molar-refractivity contribution in [2.24, 2.45) is 0 Å². The average molecular weight is 275 g/mol. The molecule has 1 rings (SSSR count). The summed E-state index contributed by atoms with van der Waals surface area (Å²) in [4.78, 5) is 11.7.